The summed E-state index contributed by atoms with van der Waals surface area (Å²) in [6, 6.07) is 1.71. The second-order valence-corrected chi connectivity index (χ2v) is 3.67. The zero-order valence-corrected chi connectivity index (χ0v) is 9.65. The summed E-state index contributed by atoms with van der Waals surface area (Å²) in [6.45, 7) is 4.26. The van der Waals surface area contributed by atoms with Crippen molar-refractivity contribution in [3.8, 4) is 11.4 Å². The predicted molar refractivity (Wildman–Crippen MR) is 58.5 cm³/mol. The van der Waals surface area contributed by atoms with Gasteiger partial charge in [-0.3, -0.25) is 9.48 Å². The molecule has 0 aliphatic rings. The molecule has 0 aliphatic heterocycles. The molecule has 0 bridgehead atoms. The number of aldehydes is 1. The summed E-state index contributed by atoms with van der Waals surface area (Å²) in [5.41, 5.74) is 1.32. The number of rotatable bonds is 3. The maximum absolute atomic E-state index is 11.0. The van der Waals surface area contributed by atoms with Crippen LogP contribution in [-0.2, 0) is 6.54 Å². The molecule has 0 aliphatic carbocycles. The van der Waals surface area contributed by atoms with Crippen LogP contribution in [-0.4, -0.2) is 21.2 Å². The van der Waals surface area contributed by atoms with E-state index in [2.05, 4.69) is 10.3 Å². The first-order valence-electron chi connectivity index (χ1n) is 4.82. The molecule has 0 N–H and O–H groups in total. The second kappa shape index (κ2) is 4.09. The molecule has 0 atom stereocenters. The monoisotopic (exact) mass is 239 g/mol. The number of hydrogen-bond donors (Lipinski definition) is 0. The summed E-state index contributed by atoms with van der Waals surface area (Å²) < 4.78 is 6.49. The van der Waals surface area contributed by atoms with E-state index in [1.54, 1.807) is 17.7 Å². The topological polar surface area (TPSA) is 60.9 Å². The Morgan fingerprint density at radius 1 is 1.62 bits per heavy atom. The van der Waals surface area contributed by atoms with Crippen molar-refractivity contribution in [2.45, 2.75) is 20.4 Å². The number of halogens is 1. The van der Waals surface area contributed by atoms with Crippen LogP contribution in [0.2, 0.25) is 5.15 Å². The maximum atomic E-state index is 11.0. The summed E-state index contributed by atoms with van der Waals surface area (Å²) in [5.74, 6) is 0.661. The Morgan fingerprint density at radius 2 is 2.38 bits per heavy atom. The molecular formula is C10H10ClN3O2. The Bertz CT molecular complexity index is 530. The molecule has 84 valence electrons. The fraction of sp³-hybridized carbons (Fsp3) is 0.300. The highest BCUT2D eigenvalue weighted by atomic mass is 35.5. The number of nitrogens with zero attached hydrogens (tertiary/aromatic N) is 3. The lowest BCUT2D eigenvalue weighted by atomic mass is 10.2. The van der Waals surface area contributed by atoms with E-state index < -0.39 is 0 Å². The highest BCUT2D eigenvalue weighted by Gasteiger charge is 2.18. The SMILES string of the molecule is CCn1nc(-c2cc(C)on2)c(C=O)c1Cl. The standard InChI is InChI=1S/C10H10ClN3O2/c1-3-14-10(11)7(5-15)9(12-14)8-4-6(2)16-13-8/h4-5H,3H2,1-2H3. The van der Waals surface area contributed by atoms with Crippen LogP contribution < -0.4 is 0 Å². The lowest BCUT2D eigenvalue weighted by Crippen LogP contribution is -1.96. The third-order valence-corrected chi connectivity index (χ3v) is 2.61. The van der Waals surface area contributed by atoms with Gasteiger partial charge in [-0.2, -0.15) is 5.10 Å². The van der Waals surface area contributed by atoms with E-state index in [1.807, 2.05) is 6.92 Å². The third-order valence-electron chi connectivity index (χ3n) is 2.21. The van der Waals surface area contributed by atoms with Gasteiger partial charge in [-0.25, -0.2) is 0 Å². The average molecular weight is 240 g/mol. The quantitative estimate of drug-likeness (QED) is 0.772. The molecule has 0 unspecified atom stereocenters. The first kappa shape index (κ1) is 10.9. The number of hydrogen-bond acceptors (Lipinski definition) is 4. The van der Waals surface area contributed by atoms with Crippen LogP contribution in [0.5, 0.6) is 0 Å². The van der Waals surface area contributed by atoms with Crippen molar-refractivity contribution in [3.05, 3.63) is 22.5 Å². The summed E-state index contributed by atoms with van der Waals surface area (Å²) in [7, 11) is 0. The van der Waals surface area contributed by atoms with E-state index in [1.165, 1.54) is 0 Å². The van der Waals surface area contributed by atoms with Crippen LogP contribution in [0.4, 0.5) is 0 Å². The van der Waals surface area contributed by atoms with Crippen molar-refractivity contribution in [2.75, 3.05) is 0 Å². The fourth-order valence-electron chi connectivity index (χ4n) is 1.44. The normalized spacial score (nSPS) is 10.7. The van der Waals surface area contributed by atoms with Crippen molar-refractivity contribution in [2.24, 2.45) is 0 Å². The molecule has 0 saturated carbocycles. The minimum Gasteiger partial charge on any atom is -0.361 e. The number of carbonyl (C=O) groups excluding carboxylic acids is 1. The van der Waals surface area contributed by atoms with Crippen LogP contribution in [0.15, 0.2) is 10.6 Å². The van der Waals surface area contributed by atoms with Crippen molar-refractivity contribution in [1.82, 2.24) is 14.9 Å². The van der Waals surface area contributed by atoms with Gasteiger partial charge >= 0.3 is 0 Å². The van der Waals surface area contributed by atoms with Crippen LogP contribution in [0.1, 0.15) is 23.0 Å². The highest BCUT2D eigenvalue weighted by Crippen LogP contribution is 2.26. The van der Waals surface area contributed by atoms with Gasteiger partial charge in [0.05, 0.1) is 5.56 Å². The largest absolute Gasteiger partial charge is 0.361 e. The molecule has 6 heteroatoms. The molecule has 0 fully saturated rings. The molecular weight excluding hydrogens is 230 g/mol. The van der Waals surface area contributed by atoms with Gasteiger partial charge < -0.3 is 4.52 Å². The van der Waals surface area contributed by atoms with Crippen LogP contribution in [0.3, 0.4) is 0 Å². The Morgan fingerprint density at radius 3 is 2.88 bits per heavy atom. The Kier molecular flexibility index (Phi) is 2.78. The third kappa shape index (κ3) is 1.63. The molecule has 5 nitrogen and oxygen atoms in total. The van der Waals surface area contributed by atoms with Crippen molar-refractivity contribution in [1.29, 1.82) is 0 Å². The van der Waals surface area contributed by atoms with Gasteiger partial charge in [-0.1, -0.05) is 16.8 Å². The zero-order valence-electron chi connectivity index (χ0n) is 8.90. The fourth-order valence-corrected chi connectivity index (χ4v) is 1.73. The van der Waals surface area contributed by atoms with Crippen LogP contribution >= 0.6 is 11.6 Å². The number of aromatic nitrogens is 3. The smallest absolute Gasteiger partial charge is 0.155 e. The van der Waals surface area contributed by atoms with Gasteiger partial charge in [0, 0.05) is 12.6 Å². The zero-order chi connectivity index (χ0) is 11.7. The van der Waals surface area contributed by atoms with Gasteiger partial charge in [-0.05, 0) is 13.8 Å². The summed E-state index contributed by atoms with van der Waals surface area (Å²) in [6.07, 6.45) is 0.681. The first-order chi connectivity index (χ1) is 7.67. The van der Waals surface area contributed by atoms with Gasteiger partial charge in [0.15, 0.2) is 6.29 Å². The Labute approximate surface area is 97.0 Å². The second-order valence-electron chi connectivity index (χ2n) is 3.31. The highest BCUT2D eigenvalue weighted by molar-refractivity contribution is 6.32. The summed E-state index contributed by atoms with van der Waals surface area (Å²) in [4.78, 5) is 11.0. The van der Waals surface area contributed by atoms with Crippen LogP contribution in [0.25, 0.3) is 11.4 Å². The molecule has 0 spiro atoms. The lowest BCUT2D eigenvalue weighted by Gasteiger charge is -1.94. The minimum atomic E-state index is 0.327. The minimum absolute atomic E-state index is 0.327. The van der Waals surface area contributed by atoms with Gasteiger partial charge in [-0.15, -0.1) is 0 Å². The van der Waals surface area contributed by atoms with E-state index in [0.717, 1.165) is 0 Å². The maximum Gasteiger partial charge on any atom is 0.155 e. The van der Waals surface area contributed by atoms with Crippen molar-refractivity contribution < 1.29 is 9.32 Å². The molecule has 2 rings (SSSR count). The molecule has 0 amide bonds. The molecule has 0 radical (unpaired) electrons. The lowest BCUT2D eigenvalue weighted by molar-refractivity contribution is 0.112. The Balaban J connectivity index is 2.60. The predicted octanol–water partition coefficient (Wildman–Crippen LogP) is 2.33. The van der Waals surface area contributed by atoms with E-state index >= 15 is 0 Å². The van der Waals surface area contributed by atoms with Gasteiger partial charge in [0.1, 0.15) is 22.3 Å². The molecule has 2 aromatic rings. The van der Waals surface area contributed by atoms with E-state index in [-0.39, 0.29) is 0 Å². The van der Waals surface area contributed by atoms with E-state index in [0.29, 0.717) is 40.7 Å². The van der Waals surface area contributed by atoms with E-state index in [4.69, 9.17) is 16.1 Å². The average Bonchev–Trinajstić information content (AvgIpc) is 2.82. The van der Waals surface area contributed by atoms with E-state index in [9.17, 15) is 4.79 Å². The van der Waals surface area contributed by atoms with Gasteiger partial charge in [0.2, 0.25) is 0 Å². The number of aryl methyl sites for hydroxylation is 2. The van der Waals surface area contributed by atoms with Crippen molar-refractivity contribution >= 4 is 17.9 Å². The molecule has 0 aromatic carbocycles. The molecule has 0 saturated heterocycles. The number of carbonyl (C=O) groups is 1. The molecule has 2 heterocycles. The Hall–Kier alpha value is -1.62. The molecule has 16 heavy (non-hydrogen) atoms. The van der Waals surface area contributed by atoms with Crippen molar-refractivity contribution in [3.63, 3.8) is 0 Å². The van der Waals surface area contributed by atoms with Crippen LogP contribution in [0, 0.1) is 6.92 Å². The summed E-state index contributed by atoms with van der Waals surface area (Å²) in [5, 5.41) is 8.36. The first-order valence-corrected chi connectivity index (χ1v) is 5.20. The van der Waals surface area contributed by atoms with Gasteiger partial charge in [0.25, 0.3) is 0 Å². The molecule has 2 aromatic heterocycles. The summed E-state index contributed by atoms with van der Waals surface area (Å²) >= 11 is 6.00.